The largest absolute Gasteiger partial charge is 0.457 e. The van der Waals surface area contributed by atoms with Crippen LogP contribution in [-0.2, 0) is 11.5 Å². The van der Waals surface area contributed by atoms with Gasteiger partial charge < -0.3 is 15.2 Å². The van der Waals surface area contributed by atoms with Gasteiger partial charge in [-0.15, -0.1) is 0 Å². The molecule has 0 aliphatic heterocycles. The van der Waals surface area contributed by atoms with Gasteiger partial charge >= 0.3 is 0 Å². The van der Waals surface area contributed by atoms with Gasteiger partial charge in [0.15, 0.2) is 0 Å². The number of allylic oxidation sites excluding steroid dienone is 3. The Balaban J connectivity index is 2.34. The average Bonchev–Trinajstić information content (AvgIpc) is 2.67. The van der Waals surface area contributed by atoms with Crippen molar-refractivity contribution in [3.05, 3.63) is 102 Å². The van der Waals surface area contributed by atoms with Gasteiger partial charge in [0.2, 0.25) is 0 Å². The SMILES string of the molecule is C=C/C=C\C(Oc1ccccc1)=C(/C=C)C(=O)Nc1cnn(CO)c(=O)c1. The monoisotopic (exact) mass is 365 g/mol. The van der Waals surface area contributed by atoms with E-state index in [4.69, 9.17) is 9.84 Å². The summed E-state index contributed by atoms with van der Waals surface area (Å²) in [6, 6.07) is 10.1. The number of aliphatic hydroxyl groups excluding tert-OH is 1. The molecule has 0 spiro atoms. The quantitative estimate of drug-likeness (QED) is 0.426. The third-order valence-corrected chi connectivity index (χ3v) is 3.33. The van der Waals surface area contributed by atoms with E-state index in [9.17, 15) is 9.59 Å². The van der Waals surface area contributed by atoms with Gasteiger partial charge in [0.25, 0.3) is 11.5 Å². The number of hydrogen-bond acceptors (Lipinski definition) is 5. The van der Waals surface area contributed by atoms with E-state index >= 15 is 0 Å². The van der Waals surface area contributed by atoms with E-state index in [1.807, 2.05) is 6.07 Å². The van der Waals surface area contributed by atoms with Crippen molar-refractivity contribution in [2.45, 2.75) is 6.73 Å². The summed E-state index contributed by atoms with van der Waals surface area (Å²) >= 11 is 0. The van der Waals surface area contributed by atoms with Gasteiger partial charge in [-0.1, -0.05) is 49.6 Å². The molecule has 27 heavy (non-hydrogen) atoms. The zero-order valence-corrected chi connectivity index (χ0v) is 14.5. The number of nitrogens with one attached hydrogen (secondary N) is 1. The summed E-state index contributed by atoms with van der Waals surface area (Å²) in [4.78, 5) is 24.4. The Morgan fingerprint density at radius 3 is 2.63 bits per heavy atom. The first-order chi connectivity index (χ1) is 13.1. The fourth-order valence-electron chi connectivity index (χ4n) is 2.06. The number of ether oxygens (including phenoxy) is 1. The molecule has 1 amide bonds. The third-order valence-electron chi connectivity index (χ3n) is 3.33. The number of carbonyl (C=O) groups excluding carboxylic acids is 1. The van der Waals surface area contributed by atoms with Crippen molar-refractivity contribution in [1.29, 1.82) is 0 Å². The number of aliphatic hydroxyl groups is 1. The van der Waals surface area contributed by atoms with Crippen molar-refractivity contribution < 1.29 is 14.6 Å². The second-order valence-corrected chi connectivity index (χ2v) is 5.17. The molecule has 2 N–H and O–H groups in total. The predicted molar refractivity (Wildman–Crippen MR) is 103 cm³/mol. The van der Waals surface area contributed by atoms with Crippen LogP contribution < -0.4 is 15.6 Å². The van der Waals surface area contributed by atoms with E-state index in [0.717, 1.165) is 10.7 Å². The molecule has 7 heteroatoms. The van der Waals surface area contributed by atoms with Gasteiger partial charge in [-0.05, 0) is 18.2 Å². The van der Waals surface area contributed by atoms with Crippen LogP contribution in [0.3, 0.4) is 0 Å². The van der Waals surface area contributed by atoms with E-state index in [-0.39, 0.29) is 17.0 Å². The number of aromatic nitrogens is 2. The predicted octanol–water partition coefficient (Wildman–Crippen LogP) is 2.39. The number of anilines is 1. The van der Waals surface area contributed by atoms with E-state index in [2.05, 4.69) is 23.6 Å². The maximum absolute atomic E-state index is 12.6. The minimum atomic E-state index is -0.549. The Bertz CT molecular complexity index is 943. The third kappa shape index (κ3) is 5.38. The molecule has 1 heterocycles. The van der Waals surface area contributed by atoms with Crippen molar-refractivity contribution in [2.24, 2.45) is 0 Å². The number of hydrogen-bond donors (Lipinski definition) is 2. The Kier molecular flexibility index (Phi) is 7.04. The highest BCUT2D eigenvalue weighted by Gasteiger charge is 2.14. The lowest BCUT2D eigenvalue weighted by atomic mass is 10.2. The Labute approximate surface area is 156 Å². The lowest BCUT2D eigenvalue weighted by molar-refractivity contribution is -0.112. The smallest absolute Gasteiger partial charge is 0.271 e. The maximum Gasteiger partial charge on any atom is 0.271 e. The number of benzene rings is 1. The zero-order valence-electron chi connectivity index (χ0n) is 14.5. The van der Waals surface area contributed by atoms with Crippen LogP contribution in [0.25, 0.3) is 0 Å². The summed E-state index contributed by atoms with van der Waals surface area (Å²) in [5.74, 6) is 0.262. The van der Waals surface area contributed by atoms with E-state index in [1.165, 1.54) is 12.3 Å². The molecule has 0 radical (unpaired) electrons. The number of amides is 1. The van der Waals surface area contributed by atoms with Crippen molar-refractivity contribution in [1.82, 2.24) is 9.78 Å². The molecule has 138 valence electrons. The summed E-state index contributed by atoms with van der Waals surface area (Å²) < 4.78 is 6.63. The van der Waals surface area contributed by atoms with Crippen LogP contribution in [-0.4, -0.2) is 20.8 Å². The van der Waals surface area contributed by atoms with Crippen LogP contribution in [0.15, 0.2) is 96.2 Å². The average molecular weight is 365 g/mol. The van der Waals surface area contributed by atoms with Crippen molar-refractivity contribution >= 4 is 11.6 Å². The van der Waals surface area contributed by atoms with E-state index in [0.29, 0.717) is 5.75 Å². The highest BCUT2D eigenvalue weighted by molar-refractivity contribution is 6.06. The Morgan fingerprint density at radius 2 is 2.04 bits per heavy atom. The molecular weight excluding hydrogens is 346 g/mol. The molecule has 7 nitrogen and oxygen atoms in total. The second-order valence-electron chi connectivity index (χ2n) is 5.17. The molecule has 1 aromatic heterocycles. The molecule has 0 bridgehead atoms. The van der Waals surface area contributed by atoms with Gasteiger partial charge in [0.05, 0.1) is 17.5 Å². The lowest BCUT2D eigenvalue weighted by Crippen LogP contribution is -2.24. The first-order valence-corrected chi connectivity index (χ1v) is 7.97. The standard InChI is InChI=1S/C20H19N3O4/c1-3-5-11-18(27-16-9-7-6-8-10-16)17(4-2)20(26)22-15-12-19(25)23(14-24)21-13-15/h3-13,24H,1-2,14H2,(H,22,26)/b11-5-,18-17-. The maximum atomic E-state index is 12.6. The summed E-state index contributed by atoms with van der Waals surface area (Å²) in [5, 5.41) is 15.3. The van der Waals surface area contributed by atoms with Crippen LogP contribution >= 0.6 is 0 Å². The van der Waals surface area contributed by atoms with Crippen LogP contribution in [0.4, 0.5) is 5.69 Å². The molecule has 0 aliphatic carbocycles. The van der Waals surface area contributed by atoms with Gasteiger partial charge in [0.1, 0.15) is 18.2 Å². The van der Waals surface area contributed by atoms with Crippen molar-refractivity contribution in [3.8, 4) is 5.75 Å². The number of para-hydroxylation sites is 1. The second kappa shape index (κ2) is 9.69. The molecular formula is C20H19N3O4. The summed E-state index contributed by atoms with van der Waals surface area (Å²) in [7, 11) is 0. The number of nitrogens with zero attached hydrogens (tertiary/aromatic N) is 2. The van der Waals surface area contributed by atoms with Crippen LogP contribution in [0.2, 0.25) is 0 Å². The molecule has 1 aromatic carbocycles. The summed E-state index contributed by atoms with van der Waals surface area (Å²) in [6.07, 6.45) is 7.36. The minimum Gasteiger partial charge on any atom is -0.457 e. The number of carbonyl (C=O) groups is 1. The summed E-state index contributed by atoms with van der Waals surface area (Å²) in [5.41, 5.74) is -0.212. The van der Waals surface area contributed by atoms with Crippen molar-refractivity contribution in [2.75, 3.05) is 5.32 Å². The minimum absolute atomic E-state index is 0.156. The van der Waals surface area contributed by atoms with Gasteiger partial charge in [-0.25, -0.2) is 4.68 Å². The Morgan fingerprint density at radius 1 is 1.30 bits per heavy atom. The van der Waals surface area contributed by atoms with Crippen LogP contribution in [0, 0.1) is 0 Å². The fraction of sp³-hybridized carbons (Fsp3) is 0.0500. The molecule has 2 aromatic rings. The van der Waals surface area contributed by atoms with Crippen LogP contribution in [0.1, 0.15) is 0 Å². The molecule has 0 fully saturated rings. The zero-order chi connectivity index (χ0) is 19.6. The van der Waals surface area contributed by atoms with E-state index in [1.54, 1.807) is 42.5 Å². The molecule has 0 saturated heterocycles. The van der Waals surface area contributed by atoms with Gasteiger partial charge in [0, 0.05) is 6.07 Å². The lowest BCUT2D eigenvalue weighted by Gasteiger charge is -2.12. The molecule has 2 rings (SSSR count). The topological polar surface area (TPSA) is 93.4 Å². The number of rotatable bonds is 8. The van der Waals surface area contributed by atoms with Gasteiger partial charge in [-0.2, -0.15) is 5.10 Å². The highest BCUT2D eigenvalue weighted by Crippen LogP contribution is 2.18. The van der Waals surface area contributed by atoms with E-state index < -0.39 is 18.2 Å². The molecule has 0 aliphatic rings. The summed E-state index contributed by atoms with van der Waals surface area (Å²) in [6.45, 7) is 6.72. The van der Waals surface area contributed by atoms with Crippen molar-refractivity contribution in [3.63, 3.8) is 0 Å². The van der Waals surface area contributed by atoms with Gasteiger partial charge in [-0.3, -0.25) is 9.59 Å². The molecule has 0 saturated carbocycles. The molecule has 0 unspecified atom stereocenters. The molecule has 0 atom stereocenters. The Hall–Kier alpha value is -3.71. The fourth-order valence-corrected chi connectivity index (χ4v) is 2.06. The van der Waals surface area contributed by atoms with Crippen LogP contribution in [0.5, 0.6) is 5.75 Å². The first-order valence-electron chi connectivity index (χ1n) is 7.97. The first kappa shape index (κ1) is 19.6. The highest BCUT2D eigenvalue weighted by atomic mass is 16.5. The normalized spacial score (nSPS) is 11.6.